The van der Waals surface area contributed by atoms with Gasteiger partial charge in [-0.05, 0) is 5.56 Å². The summed E-state index contributed by atoms with van der Waals surface area (Å²) in [5.74, 6) is -2.48. The summed E-state index contributed by atoms with van der Waals surface area (Å²) < 4.78 is 37.2. The van der Waals surface area contributed by atoms with Crippen LogP contribution in [0.3, 0.4) is 0 Å². The van der Waals surface area contributed by atoms with Crippen molar-refractivity contribution in [3.63, 3.8) is 0 Å². The zero-order chi connectivity index (χ0) is 16.4. The van der Waals surface area contributed by atoms with Crippen LogP contribution in [0.4, 0.5) is 19.1 Å². The quantitative estimate of drug-likeness (QED) is 0.905. The molecule has 2 heterocycles. The molecule has 1 aliphatic rings. The van der Waals surface area contributed by atoms with Crippen LogP contribution in [-0.2, 0) is 15.8 Å². The lowest BCUT2D eigenvalue weighted by molar-refractivity contribution is -0.144. The lowest BCUT2D eigenvalue weighted by Crippen LogP contribution is -2.22. The van der Waals surface area contributed by atoms with Crippen LogP contribution in [0.25, 0.3) is 0 Å². The SMILES string of the molecule is O=C(Nc1n[nH]c(C(F)(F)F)n1)C1=NOC(c2ccccc2)C1. The maximum absolute atomic E-state index is 12.4. The zero-order valence-corrected chi connectivity index (χ0v) is 11.5. The summed E-state index contributed by atoms with van der Waals surface area (Å²) in [5.41, 5.74) is 0.897. The highest BCUT2D eigenvalue weighted by atomic mass is 19.4. The lowest BCUT2D eigenvalue weighted by atomic mass is 10.0. The maximum atomic E-state index is 12.4. The second-order valence-corrected chi connectivity index (χ2v) is 4.71. The number of amides is 1. The fraction of sp³-hybridized carbons (Fsp3) is 0.231. The van der Waals surface area contributed by atoms with E-state index in [0.29, 0.717) is 0 Å². The lowest BCUT2D eigenvalue weighted by Gasteiger charge is -2.07. The number of nitrogens with one attached hydrogen (secondary N) is 2. The minimum Gasteiger partial charge on any atom is -0.387 e. The number of aromatic amines is 1. The summed E-state index contributed by atoms with van der Waals surface area (Å²) in [6.07, 6.45) is -4.87. The second-order valence-electron chi connectivity index (χ2n) is 4.71. The summed E-state index contributed by atoms with van der Waals surface area (Å²) in [6, 6.07) is 9.14. The summed E-state index contributed by atoms with van der Waals surface area (Å²) in [4.78, 5) is 20.3. The van der Waals surface area contributed by atoms with Gasteiger partial charge in [0.2, 0.25) is 11.8 Å². The van der Waals surface area contributed by atoms with Gasteiger partial charge in [0.15, 0.2) is 6.10 Å². The minimum atomic E-state index is -4.66. The predicted octanol–water partition coefficient (Wildman–Crippen LogP) is 2.28. The number of H-pyrrole nitrogens is 1. The molecule has 3 rings (SSSR count). The van der Waals surface area contributed by atoms with Crippen molar-refractivity contribution in [1.82, 2.24) is 15.2 Å². The Kier molecular flexibility index (Phi) is 3.72. The molecule has 1 atom stereocenters. The van der Waals surface area contributed by atoms with Gasteiger partial charge in [0.25, 0.3) is 5.91 Å². The first-order valence-corrected chi connectivity index (χ1v) is 6.52. The van der Waals surface area contributed by atoms with Crippen LogP contribution < -0.4 is 5.32 Å². The Hall–Kier alpha value is -2.91. The number of benzene rings is 1. The third-order valence-corrected chi connectivity index (χ3v) is 3.08. The van der Waals surface area contributed by atoms with Gasteiger partial charge >= 0.3 is 6.18 Å². The fourth-order valence-corrected chi connectivity index (χ4v) is 1.98. The van der Waals surface area contributed by atoms with E-state index in [4.69, 9.17) is 4.84 Å². The van der Waals surface area contributed by atoms with E-state index in [1.807, 2.05) is 30.3 Å². The van der Waals surface area contributed by atoms with E-state index < -0.39 is 30.0 Å². The van der Waals surface area contributed by atoms with Crippen molar-refractivity contribution >= 4 is 17.6 Å². The van der Waals surface area contributed by atoms with Crippen molar-refractivity contribution in [2.24, 2.45) is 5.16 Å². The molecule has 2 aromatic rings. The van der Waals surface area contributed by atoms with E-state index >= 15 is 0 Å². The van der Waals surface area contributed by atoms with Crippen LogP contribution in [0.15, 0.2) is 35.5 Å². The number of carbonyl (C=O) groups excluding carboxylic acids is 1. The van der Waals surface area contributed by atoms with Crippen molar-refractivity contribution in [2.45, 2.75) is 18.7 Å². The number of rotatable bonds is 3. The molecular weight excluding hydrogens is 315 g/mol. The second kappa shape index (κ2) is 5.71. The van der Waals surface area contributed by atoms with Crippen LogP contribution in [0, 0.1) is 0 Å². The van der Waals surface area contributed by atoms with E-state index in [1.165, 1.54) is 0 Å². The number of alkyl halides is 3. The Morgan fingerprint density at radius 2 is 2.04 bits per heavy atom. The molecule has 0 radical (unpaired) electrons. The zero-order valence-electron chi connectivity index (χ0n) is 11.5. The van der Waals surface area contributed by atoms with Crippen LogP contribution in [-0.4, -0.2) is 26.8 Å². The molecule has 23 heavy (non-hydrogen) atoms. The molecule has 1 unspecified atom stereocenters. The van der Waals surface area contributed by atoms with Crippen LogP contribution in [0.5, 0.6) is 0 Å². The number of nitrogens with zero attached hydrogens (tertiary/aromatic N) is 3. The molecule has 7 nitrogen and oxygen atoms in total. The number of hydrogen-bond acceptors (Lipinski definition) is 5. The van der Waals surface area contributed by atoms with E-state index in [2.05, 4.69) is 20.6 Å². The molecule has 0 bridgehead atoms. The monoisotopic (exact) mass is 325 g/mol. The highest BCUT2D eigenvalue weighted by Gasteiger charge is 2.36. The van der Waals surface area contributed by atoms with Crippen LogP contribution in [0.2, 0.25) is 0 Å². The molecule has 10 heteroatoms. The smallest absolute Gasteiger partial charge is 0.387 e. The Bertz CT molecular complexity index is 742. The number of hydrogen-bond donors (Lipinski definition) is 2. The largest absolute Gasteiger partial charge is 0.451 e. The molecule has 0 fully saturated rings. The van der Waals surface area contributed by atoms with Crippen molar-refractivity contribution in [1.29, 1.82) is 0 Å². The molecule has 1 aromatic carbocycles. The average molecular weight is 325 g/mol. The Morgan fingerprint density at radius 3 is 2.70 bits per heavy atom. The van der Waals surface area contributed by atoms with E-state index in [9.17, 15) is 18.0 Å². The first kappa shape index (κ1) is 15.0. The molecule has 1 aromatic heterocycles. The molecule has 2 N–H and O–H groups in total. The predicted molar refractivity (Wildman–Crippen MR) is 72.3 cm³/mol. The summed E-state index contributed by atoms with van der Waals surface area (Å²) in [7, 11) is 0. The van der Waals surface area contributed by atoms with Crippen molar-refractivity contribution in [3.8, 4) is 0 Å². The minimum absolute atomic E-state index is 0.0530. The van der Waals surface area contributed by atoms with Gasteiger partial charge < -0.3 is 4.84 Å². The van der Waals surface area contributed by atoms with Crippen molar-refractivity contribution < 1.29 is 22.8 Å². The molecule has 1 amide bonds. The summed E-state index contributed by atoms with van der Waals surface area (Å²) in [5, 5.41) is 10.8. The number of aromatic nitrogens is 3. The highest BCUT2D eigenvalue weighted by molar-refractivity contribution is 6.43. The number of anilines is 1. The Balaban J connectivity index is 1.62. The third kappa shape index (κ3) is 3.30. The Morgan fingerprint density at radius 1 is 1.30 bits per heavy atom. The van der Waals surface area contributed by atoms with Gasteiger partial charge in [0, 0.05) is 6.42 Å². The first-order valence-electron chi connectivity index (χ1n) is 6.52. The summed E-state index contributed by atoms with van der Waals surface area (Å²) in [6.45, 7) is 0. The van der Waals surface area contributed by atoms with Gasteiger partial charge in [0.1, 0.15) is 5.71 Å². The van der Waals surface area contributed by atoms with Crippen LogP contribution >= 0.6 is 0 Å². The normalized spacial score (nSPS) is 17.5. The van der Waals surface area contributed by atoms with E-state index in [-0.39, 0.29) is 12.1 Å². The molecule has 0 spiro atoms. The summed E-state index contributed by atoms with van der Waals surface area (Å²) >= 11 is 0. The fourth-order valence-electron chi connectivity index (χ4n) is 1.98. The maximum Gasteiger partial charge on any atom is 0.451 e. The van der Waals surface area contributed by atoms with Gasteiger partial charge in [-0.2, -0.15) is 18.2 Å². The molecule has 1 aliphatic heterocycles. The molecule has 0 saturated heterocycles. The molecule has 120 valence electrons. The molecular formula is C13H10F3N5O2. The van der Waals surface area contributed by atoms with E-state index in [1.54, 1.807) is 5.10 Å². The first-order chi connectivity index (χ1) is 10.9. The number of oxime groups is 1. The Labute approximate surface area is 127 Å². The van der Waals surface area contributed by atoms with E-state index in [0.717, 1.165) is 5.56 Å². The van der Waals surface area contributed by atoms with Gasteiger partial charge in [0.05, 0.1) is 0 Å². The van der Waals surface area contributed by atoms with Gasteiger partial charge in [-0.15, -0.1) is 5.10 Å². The van der Waals surface area contributed by atoms with Crippen molar-refractivity contribution in [2.75, 3.05) is 5.32 Å². The number of halogens is 3. The standard InChI is InChI=1S/C13H10F3N5O2/c14-13(15,16)11-18-12(20-19-11)17-10(22)8-6-9(23-21-8)7-4-2-1-3-5-7/h1-5,9H,6H2,(H2,17,18,19,20,22). The third-order valence-electron chi connectivity index (χ3n) is 3.08. The van der Waals surface area contributed by atoms with Gasteiger partial charge in [-0.1, -0.05) is 35.5 Å². The average Bonchev–Trinajstić information content (AvgIpc) is 3.16. The van der Waals surface area contributed by atoms with Gasteiger partial charge in [-0.3, -0.25) is 15.2 Å². The molecule has 0 aliphatic carbocycles. The number of carbonyl (C=O) groups is 1. The van der Waals surface area contributed by atoms with Crippen molar-refractivity contribution in [3.05, 3.63) is 41.7 Å². The molecule has 0 saturated carbocycles. The van der Waals surface area contributed by atoms with Gasteiger partial charge in [-0.25, -0.2) is 0 Å². The van der Waals surface area contributed by atoms with Crippen LogP contribution in [0.1, 0.15) is 23.9 Å². The highest BCUT2D eigenvalue weighted by Crippen LogP contribution is 2.28. The topological polar surface area (TPSA) is 92.3 Å².